The second-order valence-electron chi connectivity index (χ2n) is 3.78. The van der Waals surface area contributed by atoms with Gasteiger partial charge in [-0.3, -0.25) is 0 Å². The lowest BCUT2D eigenvalue weighted by Crippen LogP contribution is -2.07. The van der Waals surface area contributed by atoms with Crippen molar-refractivity contribution in [2.24, 2.45) is 0 Å². The summed E-state index contributed by atoms with van der Waals surface area (Å²) >= 11 is 17.4. The maximum absolute atomic E-state index is 13.6. The predicted molar refractivity (Wildman–Crippen MR) is 69.7 cm³/mol. The molecule has 0 amide bonds. The van der Waals surface area contributed by atoms with E-state index in [2.05, 4.69) is 4.98 Å². The molecule has 1 aromatic heterocycles. The number of pyridine rings is 1. The molecule has 0 unspecified atom stereocenters. The normalized spacial score (nSPS) is 11.8. The lowest BCUT2D eigenvalue weighted by Gasteiger charge is -2.11. The van der Waals surface area contributed by atoms with Crippen molar-refractivity contribution in [3.05, 3.63) is 51.0 Å². The van der Waals surface area contributed by atoms with E-state index in [1.54, 1.807) is 0 Å². The van der Waals surface area contributed by atoms with E-state index in [-0.39, 0.29) is 20.6 Å². The summed E-state index contributed by atoms with van der Waals surface area (Å²) in [6.45, 7) is 0. The number of hydrogen-bond donors (Lipinski definition) is 0. The van der Waals surface area contributed by atoms with Crippen molar-refractivity contribution < 1.29 is 17.6 Å². The Morgan fingerprint density at radius 1 is 0.950 bits per heavy atom. The van der Waals surface area contributed by atoms with Crippen LogP contribution >= 0.6 is 34.8 Å². The lowest BCUT2D eigenvalue weighted by atomic mass is 10.1. The van der Waals surface area contributed by atoms with Crippen LogP contribution in [0.15, 0.2) is 24.4 Å². The number of alkyl halides is 3. The van der Waals surface area contributed by atoms with E-state index in [0.29, 0.717) is 12.3 Å². The van der Waals surface area contributed by atoms with Crippen LogP contribution < -0.4 is 0 Å². The molecule has 106 valence electrons. The Balaban J connectivity index is 2.67. The Morgan fingerprint density at radius 2 is 1.60 bits per heavy atom. The van der Waals surface area contributed by atoms with E-state index >= 15 is 0 Å². The Hall–Kier alpha value is -1.04. The van der Waals surface area contributed by atoms with Gasteiger partial charge in [0, 0.05) is 17.3 Å². The van der Waals surface area contributed by atoms with Crippen LogP contribution in [0.2, 0.25) is 15.1 Å². The summed E-state index contributed by atoms with van der Waals surface area (Å²) in [7, 11) is 0. The standard InChI is InChI=1S/C12H4Cl3F4N/c13-8-2-1-6(9(14)10(8)15)7-3-5(12(17,18)19)4-20-11(7)16/h1-4H. The molecule has 0 bridgehead atoms. The number of nitrogens with zero attached hydrogens (tertiary/aromatic N) is 1. The van der Waals surface area contributed by atoms with Gasteiger partial charge in [-0.1, -0.05) is 40.9 Å². The molecule has 8 heteroatoms. The fourth-order valence-corrected chi connectivity index (χ4v) is 2.16. The highest BCUT2D eigenvalue weighted by molar-refractivity contribution is 6.49. The van der Waals surface area contributed by atoms with E-state index in [1.807, 2.05) is 0 Å². The van der Waals surface area contributed by atoms with Gasteiger partial charge in [-0.2, -0.15) is 17.6 Å². The fraction of sp³-hybridized carbons (Fsp3) is 0.0833. The Labute approximate surface area is 126 Å². The molecule has 0 spiro atoms. The first-order chi connectivity index (χ1) is 9.21. The quantitative estimate of drug-likeness (QED) is 0.358. The summed E-state index contributed by atoms with van der Waals surface area (Å²) in [5.74, 6) is -1.08. The van der Waals surface area contributed by atoms with Gasteiger partial charge in [0.25, 0.3) is 0 Å². The molecule has 0 saturated carbocycles. The summed E-state index contributed by atoms with van der Waals surface area (Å²) in [4.78, 5) is 3.09. The molecule has 0 aliphatic carbocycles. The van der Waals surface area contributed by atoms with Gasteiger partial charge in [0.15, 0.2) is 0 Å². The van der Waals surface area contributed by atoms with E-state index in [0.717, 1.165) is 0 Å². The summed E-state index contributed by atoms with van der Waals surface area (Å²) < 4.78 is 51.5. The third-order valence-corrected chi connectivity index (χ3v) is 3.79. The van der Waals surface area contributed by atoms with E-state index in [1.165, 1.54) is 12.1 Å². The van der Waals surface area contributed by atoms with Crippen LogP contribution in [-0.2, 0) is 6.18 Å². The number of rotatable bonds is 1. The van der Waals surface area contributed by atoms with Crippen LogP contribution in [0.1, 0.15) is 5.56 Å². The number of aromatic nitrogens is 1. The zero-order chi connectivity index (χ0) is 15.1. The van der Waals surface area contributed by atoms with Gasteiger partial charge in [0.05, 0.1) is 20.6 Å². The largest absolute Gasteiger partial charge is 0.417 e. The monoisotopic (exact) mass is 343 g/mol. The molecule has 2 rings (SSSR count). The van der Waals surface area contributed by atoms with Crippen LogP contribution in [0.4, 0.5) is 17.6 Å². The lowest BCUT2D eigenvalue weighted by molar-refractivity contribution is -0.137. The van der Waals surface area contributed by atoms with E-state index < -0.39 is 23.3 Å². The van der Waals surface area contributed by atoms with Gasteiger partial charge < -0.3 is 0 Å². The Kier molecular flexibility index (Phi) is 4.14. The van der Waals surface area contributed by atoms with Crippen molar-refractivity contribution in [1.82, 2.24) is 4.98 Å². The molecular weight excluding hydrogens is 340 g/mol. The molecule has 1 aromatic carbocycles. The smallest absolute Gasteiger partial charge is 0.227 e. The zero-order valence-corrected chi connectivity index (χ0v) is 11.7. The number of benzene rings is 1. The van der Waals surface area contributed by atoms with Gasteiger partial charge in [-0.15, -0.1) is 0 Å². The Bertz CT molecular complexity index is 670. The van der Waals surface area contributed by atoms with Crippen molar-refractivity contribution >= 4 is 34.8 Å². The maximum atomic E-state index is 13.6. The molecule has 0 N–H and O–H groups in total. The highest BCUT2D eigenvalue weighted by atomic mass is 35.5. The zero-order valence-electron chi connectivity index (χ0n) is 9.40. The van der Waals surface area contributed by atoms with Crippen LogP contribution in [0, 0.1) is 5.95 Å². The summed E-state index contributed by atoms with van der Waals surface area (Å²) in [6.07, 6.45) is -4.23. The SMILES string of the molecule is Fc1ncc(C(F)(F)F)cc1-c1ccc(Cl)c(Cl)c1Cl. The third-order valence-electron chi connectivity index (χ3n) is 2.49. The van der Waals surface area contributed by atoms with Gasteiger partial charge in [-0.25, -0.2) is 4.98 Å². The average Bonchev–Trinajstić information content (AvgIpc) is 2.36. The molecular formula is C12H4Cl3F4N. The summed E-state index contributed by atoms with van der Waals surface area (Å²) in [5, 5.41) is -0.0948. The molecule has 0 radical (unpaired) electrons. The highest BCUT2D eigenvalue weighted by Crippen LogP contribution is 2.40. The van der Waals surface area contributed by atoms with Crippen molar-refractivity contribution in [2.45, 2.75) is 6.18 Å². The molecule has 20 heavy (non-hydrogen) atoms. The average molecular weight is 345 g/mol. The molecule has 0 saturated heterocycles. The first kappa shape index (κ1) is 15.4. The predicted octanol–water partition coefficient (Wildman–Crippen LogP) is 5.87. The third kappa shape index (κ3) is 2.85. The van der Waals surface area contributed by atoms with E-state index in [4.69, 9.17) is 34.8 Å². The van der Waals surface area contributed by atoms with Crippen molar-refractivity contribution in [2.75, 3.05) is 0 Å². The first-order valence-electron chi connectivity index (χ1n) is 5.08. The maximum Gasteiger partial charge on any atom is 0.417 e. The van der Waals surface area contributed by atoms with Crippen molar-refractivity contribution in [1.29, 1.82) is 0 Å². The van der Waals surface area contributed by atoms with Crippen molar-refractivity contribution in [3.8, 4) is 11.1 Å². The van der Waals surface area contributed by atoms with Crippen LogP contribution in [0.5, 0.6) is 0 Å². The summed E-state index contributed by atoms with van der Waals surface area (Å²) in [5.41, 5.74) is -1.50. The van der Waals surface area contributed by atoms with Gasteiger partial charge in [0.1, 0.15) is 0 Å². The Morgan fingerprint density at radius 3 is 2.20 bits per heavy atom. The molecule has 1 heterocycles. The van der Waals surface area contributed by atoms with Gasteiger partial charge in [-0.05, 0) is 12.1 Å². The molecule has 1 nitrogen and oxygen atoms in total. The number of halogens is 7. The molecule has 0 atom stereocenters. The van der Waals surface area contributed by atoms with Crippen molar-refractivity contribution in [3.63, 3.8) is 0 Å². The molecule has 0 fully saturated rings. The fourth-order valence-electron chi connectivity index (χ4n) is 1.53. The minimum atomic E-state index is -4.64. The molecule has 2 aromatic rings. The second kappa shape index (κ2) is 5.39. The molecule has 0 aliphatic heterocycles. The second-order valence-corrected chi connectivity index (χ2v) is 4.95. The van der Waals surface area contributed by atoms with Crippen LogP contribution in [0.25, 0.3) is 11.1 Å². The molecule has 0 aliphatic rings. The first-order valence-corrected chi connectivity index (χ1v) is 6.22. The highest BCUT2D eigenvalue weighted by Gasteiger charge is 2.32. The number of hydrogen-bond acceptors (Lipinski definition) is 1. The van der Waals surface area contributed by atoms with E-state index in [9.17, 15) is 17.6 Å². The van der Waals surface area contributed by atoms with Crippen LogP contribution in [-0.4, -0.2) is 4.98 Å². The van der Waals surface area contributed by atoms with Crippen LogP contribution in [0.3, 0.4) is 0 Å². The minimum absolute atomic E-state index is 0.0165. The van der Waals surface area contributed by atoms with Gasteiger partial charge >= 0.3 is 6.18 Å². The summed E-state index contributed by atoms with van der Waals surface area (Å²) in [6, 6.07) is 3.20. The van der Waals surface area contributed by atoms with Gasteiger partial charge in [0.2, 0.25) is 5.95 Å². The topological polar surface area (TPSA) is 12.9 Å². The minimum Gasteiger partial charge on any atom is -0.227 e.